The second-order valence-electron chi connectivity index (χ2n) is 3.48. The molecule has 0 aromatic heterocycles. The number of alkyl halides is 3. The molecule has 0 amide bonds. The highest BCUT2D eigenvalue weighted by Gasteiger charge is 2.26. The Morgan fingerprint density at radius 1 is 1.39 bits per heavy atom. The van der Waals surface area contributed by atoms with E-state index in [-0.39, 0.29) is 5.69 Å². The van der Waals surface area contributed by atoms with E-state index in [9.17, 15) is 22.4 Å². The van der Waals surface area contributed by atoms with E-state index < -0.39 is 42.2 Å². The molecule has 0 radical (unpaired) electrons. The number of rotatable bonds is 4. The third kappa shape index (κ3) is 3.51. The van der Waals surface area contributed by atoms with Gasteiger partial charge in [-0.1, -0.05) is 0 Å². The van der Waals surface area contributed by atoms with Gasteiger partial charge in [-0.15, -0.1) is 0 Å². The van der Waals surface area contributed by atoms with Crippen LogP contribution in [0.1, 0.15) is 16.8 Å². The van der Waals surface area contributed by atoms with Crippen molar-refractivity contribution in [1.29, 1.82) is 0 Å². The van der Waals surface area contributed by atoms with Crippen LogP contribution in [0.5, 0.6) is 0 Å². The minimum atomic E-state index is -4.36. The maximum atomic E-state index is 13.0. The number of carboxylic acid groups (broad SMARTS) is 1. The molecule has 0 fully saturated rings. The Morgan fingerprint density at radius 3 is 2.50 bits per heavy atom. The van der Waals surface area contributed by atoms with E-state index in [4.69, 9.17) is 10.8 Å². The quantitative estimate of drug-likeness (QED) is 0.578. The van der Waals surface area contributed by atoms with Crippen molar-refractivity contribution in [3.8, 4) is 0 Å². The molecule has 0 aliphatic heterocycles. The first-order chi connectivity index (χ1) is 8.22. The van der Waals surface area contributed by atoms with Gasteiger partial charge in [0.05, 0.1) is 17.8 Å². The second-order valence-corrected chi connectivity index (χ2v) is 3.48. The summed E-state index contributed by atoms with van der Waals surface area (Å²) in [5, 5.41) is 11.1. The van der Waals surface area contributed by atoms with Gasteiger partial charge in [0.15, 0.2) is 0 Å². The van der Waals surface area contributed by atoms with Gasteiger partial charge >= 0.3 is 12.1 Å². The van der Waals surface area contributed by atoms with Crippen LogP contribution in [0, 0.1) is 5.82 Å². The fourth-order valence-electron chi connectivity index (χ4n) is 1.31. The molecule has 0 bridgehead atoms. The SMILES string of the molecule is Nc1c(F)ccc(NCCC(F)(F)F)c1C(=O)O. The summed E-state index contributed by atoms with van der Waals surface area (Å²) < 4.78 is 48.8. The van der Waals surface area contributed by atoms with Crippen LogP contribution in [0.2, 0.25) is 0 Å². The summed E-state index contributed by atoms with van der Waals surface area (Å²) in [6, 6.07) is 1.92. The monoisotopic (exact) mass is 266 g/mol. The van der Waals surface area contributed by atoms with E-state index in [1.807, 2.05) is 0 Å². The number of nitrogens with two attached hydrogens (primary N) is 1. The van der Waals surface area contributed by atoms with E-state index >= 15 is 0 Å². The number of nitrogen functional groups attached to an aromatic ring is 1. The largest absolute Gasteiger partial charge is 0.478 e. The molecule has 4 N–H and O–H groups in total. The molecule has 1 rings (SSSR count). The molecule has 0 saturated carbocycles. The molecule has 0 unspecified atom stereocenters. The lowest BCUT2D eigenvalue weighted by Gasteiger charge is -2.13. The Bertz CT molecular complexity index is 460. The van der Waals surface area contributed by atoms with Crippen molar-refractivity contribution in [2.24, 2.45) is 0 Å². The van der Waals surface area contributed by atoms with Crippen molar-refractivity contribution in [3.05, 3.63) is 23.5 Å². The number of hydrogen-bond acceptors (Lipinski definition) is 3. The first-order valence-corrected chi connectivity index (χ1v) is 4.84. The Labute approximate surface area is 99.4 Å². The third-order valence-electron chi connectivity index (χ3n) is 2.13. The highest BCUT2D eigenvalue weighted by Crippen LogP contribution is 2.26. The molecule has 18 heavy (non-hydrogen) atoms. The van der Waals surface area contributed by atoms with Crippen molar-refractivity contribution in [3.63, 3.8) is 0 Å². The van der Waals surface area contributed by atoms with Crippen molar-refractivity contribution in [1.82, 2.24) is 0 Å². The van der Waals surface area contributed by atoms with Gasteiger partial charge in [-0.3, -0.25) is 0 Å². The lowest BCUT2D eigenvalue weighted by molar-refractivity contribution is -0.131. The number of aromatic carboxylic acids is 1. The van der Waals surface area contributed by atoms with Gasteiger partial charge < -0.3 is 16.2 Å². The van der Waals surface area contributed by atoms with Crippen LogP contribution in [0.4, 0.5) is 28.9 Å². The molecule has 4 nitrogen and oxygen atoms in total. The van der Waals surface area contributed by atoms with E-state index in [0.717, 1.165) is 12.1 Å². The van der Waals surface area contributed by atoms with Crippen molar-refractivity contribution >= 4 is 17.3 Å². The zero-order valence-corrected chi connectivity index (χ0v) is 9.01. The van der Waals surface area contributed by atoms with Gasteiger partial charge in [-0.25, -0.2) is 9.18 Å². The first-order valence-electron chi connectivity index (χ1n) is 4.84. The summed E-state index contributed by atoms with van der Waals surface area (Å²) in [6.07, 6.45) is -5.49. The number of carbonyl (C=O) groups is 1. The fraction of sp³-hybridized carbons (Fsp3) is 0.300. The molecular formula is C10H10F4N2O2. The molecule has 0 aliphatic carbocycles. The van der Waals surface area contributed by atoms with Crippen LogP contribution in [0.15, 0.2) is 12.1 Å². The average Bonchev–Trinajstić information content (AvgIpc) is 2.21. The van der Waals surface area contributed by atoms with E-state index in [1.54, 1.807) is 0 Å². The summed E-state index contributed by atoms with van der Waals surface area (Å²) in [7, 11) is 0. The minimum absolute atomic E-state index is 0.148. The maximum absolute atomic E-state index is 13.0. The van der Waals surface area contributed by atoms with Crippen molar-refractivity contribution in [2.75, 3.05) is 17.6 Å². The van der Waals surface area contributed by atoms with Gasteiger partial charge in [0.25, 0.3) is 0 Å². The number of halogens is 4. The molecule has 0 spiro atoms. The third-order valence-corrected chi connectivity index (χ3v) is 2.13. The Hall–Kier alpha value is -1.99. The second kappa shape index (κ2) is 5.11. The topological polar surface area (TPSA) is 75.3 Å². The summed E-state index contributed by atoms with van der Waals surface area (Å²) in [5.41, 5.74) is 3.89. The Balaban J connectivity index is 2.89. The Morgan fingerprint density at radius 2 is 2.00 bits per heavy atom. The van der Waals surface area contributed by atoms with Crippen LogP contribution >= 0.6 is 0 Å². The highest BCUT2D eigenvalue weighted by atomic mass is 19.4. The van der Waals surface area contributed by atoms with Crippen LogP contribution in [-0.2, 0) is 0 Å². The van der Waals surface area contributed by atoms with E-state index in [1.165, 1.54) is 0 Å². The van der Waals surface area contributed by atoms with Gasteiger partial charge in [0.1, 0.15) is 11.4 Å². The molecule has 100 valence electrons. The lowest BCUT2D eigenvalue weighted by Crippen LogP contribution is -2.17. The number of anilines is 2. The zero-order valence-electron chi connectivity index (χ0n) is 9.01. The lowest BCUT2D eigenvalue weighted by atomic mass is 10.1. The molecule has 0 atom stereocenters. The number of benzene rings is 1. The van der Waals surface area contributed by atoms with Crippen LogP contribution < -0.4 is 11.1 Å². The molecule has 8 heteroatoms. The number of nitrogens with one attached hydrogen (secondary N) is 1. The molecule has 0 saturated heterocycles. The molecule has 0 heterocycles. The summed E-state index contributed by atoms with van der Waals surface area (Å²) >= 11 is 0. The standard InChI is InChI=1S/C10H10F4N2O2/c11-5-1-2-6(7(8(5)15)9(17)18)16-4-3-10(12,13)14/h1-2,16H,3-4,15H2,(H,17,18). The number of hydrogen-bond donors (Lipinski definition) is 3. The summed E-state index contributed by atoms with van der Waals surface area (Å²) in [6.45, 7) is -0.519. The van der Waals surface area contributed by atoms with Gasteiger partial charge in [0.2, 0.25) is 0 Å². The van der Waals surface area contributed by atoms with Crippen LogP contribution in [-0.4, -0.2) is 23.8 Å². The average molecular weight is 266 g/mol. The van der Waals surface area contributed by atoms with Gasteiger partial charge in [0, 0.05) is 6.54 Å². The van der Waals surface area contributed by atoms with Gasteiger partial charge in [-0.05, 0) is 12.1 Å². The van der Waals surface area contributed by atoms with Crippen molar-refractivity contribution < 1.29 is 27.5 Å². The predicted molar refractivity (Wildman–Crippen MR) is 56.9 cm³/mol. The van der Waals surface area contributed by atoms with Crippen molar-refractivity contribution in [2.45, 2.75) is 12.6 Å². The number of carboxylic acids is 1. The maximum Gasteiger partial charge on any atom is 0.390 e. The molecule has 1 aromatic rings. The fourth-order valence-corrected chi connectivity index (χ4v) is 1.31. The van der Waals surface area contributed by atoms with Crippen LogP contribution in [0.3, 0.4) is 0 Å². The van der Waals surface area contributed by atoms with E-state index in [2.05, 4.69) is 5.32 Å². The molecule has 0 aliphatic rings. The van der Waals surface area contributed by atoms with E-state index in [0.29, 0.717) is 0 Å². The smallest absolute Gasteiger partial charge is 0.390 e. The first kappa shape index (κ1) is 14.1. The summed E-state index contributed by atoms with van der Waals surface area (Å²) in [5.74, 6) is -2.45. The highest BCUT2D eigenvalue weighted by molar-refractivity contribution is 6.00. The van der Waals surface area contributed by atoms with Gasteiger partial charge in [-0.2, -0.15) is 13.2 Å². The van der Waals surface area contributed by atoms with Crippen LogP contribution in [0.25, 0.3) is 0 Å². The Kier molecular flexibility index (Phi) is 4.00. The zero-order chi connectivity index (χ0) is 13.9. The normalized spacial score (nSPS) is 11.3. The molecule has 1 aromatic carbocycles. The summed E-state index contributed by atoms with van der Waals surface area (Å²) in [4.78, 5) is 10.8. The predicted octanol–water partition coefficient (Wildman–Crippen LogP) is 2.47. The minimum Gasteiger partial charge on any atom is -0.478 e. The molecular weight excluding hydrogens is 256 g/mol.